The Morgan fingerprint density at radius 3 is 2.90 bits per heavy atom. The highest BCUT2D eigenvalue weighted by Gasteiger charge is 2.05. The summed E-state index contributed by atoms with van der Waals surface area (Å²) >= 11 is 1.57. The number of hydrogen-bond donors (Lipinski definition) is 2. The van der Waals surface area contributed by atoms with Gasteiger partial charge < -0.3 is 10.4 Å². The van der Waals surface area contributed by atoms with Crippen LogP contribution in [0.5, 0.6) is 0 Å². The summed E-state index contributed by atoms with van der Waals surface area (Å²) in [4.78, 5) is 27.6. The maximum absolute atomic E-state index is 11.7. The molecule has 0 spiro atoms. The van der Waals surface area contributed by atoms with E-state index in [1.54, 1.807) is 17.4 Å². The third kappa shape index (κ3) is 4.25. The predicted octanol–water partition coefficient (Wildman–Crippen LogP) is 2.48. The van der Waals surface area contributed by atoms with Crippen LogP contribution in [0, 0.1) is 6.92 Å². The molecule has 0 fully saturated rings. The topological polar surface area (TPSA) is 79.3 Å². The Kier molecular flexibility index (Phi) is 4.84. The van der Waals surface area contributed by atoms with Gasteiger partial charge in [-0.3, -0.25) is 9.78 Å². The van der Waals surface area contributed by atoms with Crippen LogP contribution < -0.4 is 5.32 Å². The highest BCUT2D eigenvalue weighted by atomic mass is 32.1. The van der Waals surface area contributed by atoms with E-state index in [0.29, 0.717) is 5.69 Å². The number of thiophene rings is 1. The molecule has 5 nitrogen and oxygen atoms in total. The molecule has 2 N–H and O–H groups in total. The van der Waals surface area contributed by atoms with Gasteiger partial charge in [-0.15, -0.1) is 11.3 Å². The number of aryl methyl sites for hydroxylation is 1. The van der Waals surface area contributed by atoms with Crippen LogP contribution in [0.3, 0.4) is 0 Å². The Balaban J connectivity index is 1.92. The zero-order chi connectivity index (χ0) is 15.2. The first-order valence-electron chi connectivity index (χ1n) is 6.24. The van der Waals surface area contributed by atoms with Crippen LogP contribution in [0.25, 0.3) is 6.08 Å². The van der Waals surface area contributed by atoms with Crippen LogP contribution in [0.4, 0.5) is 0 Å². The molecule has 6 heteroatoms. The first-order chi connectivity index (χ1) is 10.1. The zero-order valence-corrected chi connectivity index (χ0v) is 12.2. The quantitative estimate of drug-likeness (QED) is 0.832. The molecule has 21 heavy (non-hydrogen) atoms. The lowest BCUT2D eigenvalue weighted by Crippen LogP contribution is -2.21. The summed E-state index contributed by atoms with van der Waals surface area (Å²) in [6.45, 7) is 2.17. The summed E-state index contributed by atoms with van der Waals surface area (Å²) in [7, 11) is 0. The van der Waals surface area contributed by atoms with Crippen LogP contribution in [0.2, 0.25) is 0 Å². The van der Waals surface area contributed by atoms with Gasteiger partial charge in [0, 0.05) is 17.2 Å². The van der Waals surface area contributed by atoms with E-state index in [2.05, 4.69) is 10.3 Å². The molecule has 1 amide bonds. The van der Waals surface area contributed by atoms with Gasteiger partial charge in [0.2, 0.25) is 5.91 Å². The number of carboxylic acid groups (broad SMARTS) is 1. The lowest BCUT2D eigenvalue weighted by Gasteiger charge is -2.02. The van der Waals surface area contributed by atoms with Gasteiger partial charge >= 0.3 is 5.97 Å². The molecular weight excluding hydrogens is 288 g/mol. The van der Waals surface area contributed by atoms with Gasteiger partial charge in [-0.1, -0.05) is 0 Å². The summed E-state index contributed by atoms with van der Waals surface area (Å²) in [5.74, 6) is -1.26. The molecule has 0 saturated carbocycles. The lowest BCUT2D eigenvalue weighted by atomic mass is 10.2. The molecule has 0 radical (unpaired) electrons. The number of nitrogens with one attached hydrogen (secondary N) is 1. The van der Waals surface area contributed by atoms with E-state index in [-0.39, 0.29) is 18.0 Å². The minimum absolute atomic E-state index is 0.152. The van der Waals surface area contributed by atoms with Crippen molar-refractivity contribution in [3.05, 3.63) is 57.6 Å². The van der Waals surface area contributed by atoms with Crippen molar-refractivity contribution in [2.75, 3.05) is 0 Å². The standard InChI is InChI=1S/C15H14N2O3S/c1-10-5-7-21-13(10)2-3-14(18)17-9-12-8-11(15(19)20)4-6-16-12/h2-8H,9H2,1H3,(H,17,18)(H,19,20)/b3-2+. The third-order valence-electron chi connectivity index (χ3n) is 2.80. The molecule has 0 bridgehead atoms. The number of rotatable bonds is 5. The fraction of sp³-hybridized carbons (Fsp3) is 0.133. The minimum atomic E-state index is -1.02. The zero-order valence-electron chi connectivity index (χ0n) is 11.4. The maximum atomic E-state index is 11.7. The first-order valence-corrected chi connectivity index (χ1v) is 7.12. The fourth-order valence-corrected chi connectivity index (χ4v) is 2.47. The average molecular weight is 302 g/mol. The minimum Gasteiger partial charge on any atom is -0.478 e. The first kappa shape index (κ1) is 14.9. The largest absolute Gasteiger partial charge is 0.478 e. The van der Waals surface area contributed by atoms with E-state index in [9.17, 15) is 9.59 Å². The van der Waals surface area contributed by atoms with E-state index >= 15 is 0 Å². The van der Waals surface area contributed by atoms with E-state index < -0.39 is 5.97 Å². The highest BCUT2D eigenvalue weighted by molar-refractivity contribution is 7.11. The molecule has 2 heterocycles. The van der Waals surface area contributed by atoms with Gasteiger partial charge in [-0.05, 0) is 42.1 Å². The molecular formula is C15H14N2O3S. The second-order valence-corrected chi connectivity index (χ2v) is 5.31. The summed E-state index contributed by atoms with van der Waals surface area (Å²) in [6.07, 6.45) is 4.63. The predicted molar refractivity (Wildman–Crippen MR) is 81.1 cm³/mol. The molecule has 0 atom stereocenters. The summed E-state index contributed by atoms with van der Waals surface area (Å²) < 4.78 is 0. The molecule has 0 aliphatic rings. The Morgan fingerprint density at radius 2 is 2.24 bits per heavy atom. The third-order valence-corrected chi connectivity index (χ3v) is 3.78. The van der Waals surface area contributed by atoms with Crippen LogP contribution in [-0.2, 0) is 11.3 Å². The van der Waals surface area contributed by atoms with Gasteiger partial charge in [0.05, 0.1) is 17.8 Å². The number of carbonyl (C=O) groups is 2. The van der Waals surface area contributed by atoms with Crippen LogP contribution in [0.1, 0.15) is 26.5 Å². The highest BCUT2D eigenvalue weighted by Crippen LogP contribution is 2.16. The molecule has 108 valence electrons. The number of nitrogens with zero attached hydrogens (tertiary/aromatic N) is 1. The van der Waals surface area contributed by atoms with E-state index in [0.717, 1.165) is 10.4 Å². The van der Waals surface area contributed by atoms with Gasteiger partial charge in [-0.25, -0.2) is 4.79 Å². The fourth-order valence-electron chi connectivity index (χ4n) is 1.65. The molecule has 2 aromatic heterocycles. The number of hydrogen-bond acceptors (Lipinski definition) is 4. The number of carbonyl (C=O) groups excluding carboxylic acids is 1. The van der Waals surface area contributed by atoms with Gasteiger partial charge in [0.1, 0.15) is 0 Å². The van der Waals surface area contributed by atoms with Crippen LogP contribution in [0.15, 0.2) is 35.9 Å². The van der Waals surface area contributed by atoms with Crippen molar-refractivity contribution >= 4 is 29.3 Å². The Bertz CT molecular complexity index is 692. The van der Waals surface area contributed by atoms with Crippen molar-refractivity contribution in [1.82, 2.24) is 10.3 Å². The van der Waals surface area contributed by atoms with Gasteiger partial charge in [0.25, 0.3) is 0 Å². The van der Waals surface area contributed by atoms with Gasteiger partial charge in [-0.2, -0.15) is 0 Å². The molecule has 2 aromatic rings. The normalized spacial score (nSPS) is 10.7. The van der Waals surface area contributed by atoms with Crippen molar-refractivity contribution in [2.24, 2.45) is 0 Å². The van der Waals surface area contributed by atoms with Crippen molar-refractivity contribution in [3.8, 4) is 0 Å². The molecule has 0 aromatic carbocycles. The Morgan fingerprint density at radius 1 is 1.43 bits per heavy atom. The second kappa shape index (κ2) is 6.81. The van der Waals surface area contributed by atoms with E-state index in [1.807, 2.05) is 18.4 Å². The molecule has 0 saturated heterocycles. The number of aromatic nitrogens is 1. The molecule has 0 aliphatic carbocycles. The second-order valence-electron chi connectivity index (χ2n) is 4.36. The van der Waals surface area contributed by atoms with Crippen molar-refractivity contribution in [3.63, 3.8) is 0 Å². The SMILES string of the molecule is Cc1ccsc1/C=C/C(=O)NCc1cc(C(=O)O)ccn1. The summed E-state index contributed by atoms with van der Waals surface area (Å²) in [6, 6.07) is 4.84. The lowest BCUT2D eigenvalue weighted by molar-refractivity contribution is -0.116. The smallest absolute Gasteiger partial charge is 0.335 e. The van der Waals surface area contributed by atoms with Crippen LogP contribution in [-0.4, -0.2) is 22.0 Å². The summed E-state index contributed by atoms with van der Waals surface area (Å²) in [5.41, 5.74) is 1.78. The monoisotopic (exact) mass is 302 g/mol. The Hall–Kier alpha value is -2.47. The number of carboxylic acids is 1. The van der Waals surface area contributed by atoms with Crippen molar-refractivity contribution < 1.29 is 14.7 Å². The maximum Gasteiger partial charge on any atom is 0.335 e. The van der Waals surface area contributed by atoms with E-state index in [1.165, 1.54) is 24.4 Å². The van der Waals surface area contributed by atoms with Crippen molar-refractivity contribution in [1.29, 1.82) is 0 Å². The molecule has 0 unspecified atom stereocenters. The summed E-state index contributed by atoms with van der Waals surface area (Å²) in [5, 5.41) is 13.5. The number of amides is 1. The number of aromatic carboxylic acids is 1. The molecule has 2 rings (SSSR count). The van der Waals surface area contributed by atoms with Crippen LogP contribution >= 0.6 is 11.3 Å². The van der Waals surface area contributed by atoms with Crippen molar-refractivity contribution in [2.45, 2.75) is 13.5 Å². The Labute approximate surface area is 126 Å². The average Bonchev–Trinajstić information content (AvgIpc) is 2.88. The van der Waals surface area contributed by atoms with Gasteiger partial charge in [0.15, 0.2) is 0 Å². The molecule has 0 aliphatic heterocycles. The number of pyridine rings is 1. The van der Waals surface area contributed by atoms with E-state index in [4.69, 9.17) is 5.11 Å².